The van der Waals surface area contributed by atoms with Crippen LogP contribution in [-0.4, -0.2) is 17.0 Å². The molecular weight excluding hydrogens is 152 g/mol. The standard InChI is InChI=1S/C10H14O2/c11-8-4-7-9-5-2-1-3-6-10(8,9)12-9/h1-7H2/t9-,10+/m0/s1. The molecule has 0 N–H and O–H groups in total. The second kappa shape index (κ2) is 1.92. The molecular formula is C10H14O2. The topological polar surface area (TPSA) is 29.6 Å². The third kappa shape index (κ3) is 0.598. The lowest BCUT2D eigenvalue weighted by Gasteiger charge is -2.04. The molecule has 0 amide bonds. The Morgan fingerprint density at radius 3 is 2.83 bits per heavy atom. The highest BCUT2D eigenvalue weighted by Gasteiger charge is 2.76. The Morgan fingerprint density at radius 1 is 1.08 bits per heavy atom. The van der Waals surface area contributed by atoms with Crippen LogP contribution < -0.4 is 0 Å². The maximum absolute atomic E-state index is 11.6. The summed E-state index contributed by atoms with van der Waals surface area (Å²) in [5, 5.41) is 0. The molecule has 3 rings (SSSR count). The van der Waals surface area contributed by atoms with E-state index in [0.29, 0.717) is 5.78 Å². The smallest absolute Gasteiger partial charge is 0.167 e. The van der Waals surface area contributed by atoms with E-state index in [4.69, 9.17) is 4.74 Å². The van der Waals surface area contributed by atoms with Gasteiger partial charge in [-0.05, 0) is 25.7 Å². The van der Waals surface area contributed by atoms with Crippen LogP contribution in [0.2, 0.25) is 0 Å². The van der Waals surface area contributed by atoms with Crippen LogP contribution in [0.1, 0.15) is 44.9 Å². The van der Waals surface area contributed by atoms with Crippen molar-refractivity contribution in [1.82, 2.24) is 0 Å². The van der Waals surface area contributed by atoms with Crippen LogP contribution in [0.3, 0.4) is 0 Å². The molecule has 0 unspecified atom stereocenters. The first-order valence-corrected chi connectivity index (χ1v) is 5.03. The van der Waals surface area contributed by atoms with E-state index < -0.39 is 0 Å². The molecule has 0 bridgehead atoms. The highest BCUT2D eigenvalue weighted by atomic mass is 16.6. The summed E-state index contributed by atoms with van der Waals surface area (Å²) < 4.78 is 5.73. The van der Waals surface area contributed by atoms with Gasteiger partial charge in [-0.3, -0.25) is 4.79 Å². The molecule has 3 fully saturated rings. The van der Waals surface area contributed by atoms with E-state index in [0.717, 1.165) is 25.7 Å². The molecule has 3 aliphatic rings. The summed E-state index contributed by atoms with van der Waals surface area (Å²) in [7, 11) is 0. The molecule has 1 heterocycles. The molecule has 2 saturated carbocycles. The Balaban J connectivity index is 1.97. The molecule has 0 radical (unpaired) electrons. The van der Waals surface area contributed by atoms with E-state index >= 15 is 0 Å². The van der Waals surface area contributed by atoms with Gasteiger partial charge in [0.2, 0.25) is 0 Å². The third-order valence-electron chi connectivity index (χ3n) is 3.88. The van der Waals surface area contributed by atoms with Crippen LogP contribution in [0, 0.1) is 0 Å². The third-order valence-corrected chi connectivity index (χ3v) is 3.88. The molecule has 2 aliphatic carbocycles. The second-order valence-corrected chi connectivity index (χ2v) is 4.41. The van der Waals surface area contributed by atoms with Crippen LogP contribution >= 0.6 is 0 Å². The van der Waals surface area contributed by atoms with Gasteiger partial charge in [0.25, 0.3) is 0 Å². The largest absolute Gasteiger partial charge is 0.354 e. The maximum atomic E-state index is 11.6. The van der Waals surface area contributed by atoms with Gasteiger partial charge in [0.1, 0.15) is 5.60 Å². The van der Waals surface area contributed by atoms with Gasteiger partial charge in [-0.25, -0.2) is 0 Å². The Bertz CT molecular complexity index is 248. The van der Waals surface area contributed by atoms with Crippen LogP contribution in [0.4, 0.5) is 0 Å². The van der Waals surface area contributed by atoms with Gasteiger partial charge < -0.3 is 4.74 Å². The first-order chi connectivity index (χ1) is 5.79. The first-order valence-electron chi connectivity index (χ1n) is 5.03. The summed E-state index contributed by atoms with van der Waals surface area (Å²) in [4.78, 5) is 11.6. The van der Waals surface area contributed by atoms with E-state index in [1.807, 2.05) is 0 Å². The normalized spacial score (nSPS) is 51.2. The van der Waals surface area contributed by atoms with E-state index in [1.54, 1.807) is 0 Å². The number of epoxide rings is 1. The fourth-order valence-electron chi connectivity index (χ4n) is 3.15. The minimum atomic E-state index is -0.260. The average molecular weight is 166 g/mol. The van der Waals surface area contributed by atoms with Crippen molar-refractivity contribution in [3.63, 3.8) is 0 Å². The molecule has 2 nitrogen and oxygen atoms in total. The summed E-state index contributed by atoms with van der Waals surface area (Å²) in [6, 6.07) is 0. The van der Waals surface area contributed by atoms with E-state index in [9.17, 15) is 4.79 Å². The molecule has 0 aromatic heterocycles. The van der Waals surface area contributed by atoms with Crippen LogP contribution in [0.15, 0.2) is 0 Å². The minimum Gasteiger partial charge on any atom is -0.354 e. The zero-order valence-electron chi connectivity index (χ0n) is 7.27. The quantitative estimate of drug-likeness (QED) is 0.514. The van der Waals surface area contributed by atoms with E-state index in [2.05, 4.69) is 0 Å². The average Bonchev–Trinajstić information content (AvgIpc) is 2.64. The molecule has 1 saturated heterocycles. The molecule has 12 heavy (non-hydrogen) atoms. The lowest BCUT2D eigenvalue weighted by Crippen LogP contribution is -2.25. The number of hydrogen-bond donors (Lipinski definition) is 0. The maximum Gasteiger partial charge on any atom is 0.167 e. The first kappa shape index (κ1) is 7.07. The number of carbonyl (C=O) groups is 1. The molecule has 0 aromatic carbocycles. The van der Waals surface area contributed by atoms with Gasteiger partial charge in [0.05, 0.1) is 0 Å². The number of ether oxygens (including phenoxy) is 1. The highest BCUT2D eigenvalue weighted by molar-refractivity contribution is 5.95. The van der Waals surface area contributed by atoms with Crippen LogP contribution in [0.5, 0.6) is 0 Å². The molecule has 2 atom stereocenters. The predicted octanol–water partition coefficient (Wildman–Crippen LogP) is 1.82. The Hall–Kier alpha value is -0.370. The fourth-order valence-corrected chi connectivity index (χ4v) is 3.15. The highest BCUT2D eigenvalue weighted by Crippen LogP contribution is 2.63. The van der Waals surface area contributed by atoms with Crippen LogP contribution in [-0.2, 0) is 9.53 Å². The molecule has 0 aromatic rings. The fraction of sp³-hybridized carbons (Fsp3) is 0.900. The van der Waals surface area contributed by atoms with E-state index in [-0.39, 0.29) is 11.2 Å². The van der Waals surface area contributed by atoms with Crippen molar-refractivity contribution in [1.29, 1.82) is 0 Å². The Labute approximate surface area is 72.3 Å². The lowest BCUT2D eigenvalue weighted by molar-refractivity contribution is -0.124. The summed E-state index contributed by atoms with van der Waals surface area (Å²) in [6.45, 7) is 0. The van der Waals surface area contributed by atoms with Crippen molar-refractivity contribution in [3.05, 3.63) is 0 Å². The van der Waals surface area contributed by atoms with Crippen molar-refractivity contribution >= 4 is 5.78 Å². The van der Waals surface area contributed by atoms with Crippen molar-refractivity contribution in [2.75, 3.05) is 0 Å². The molecule has 1 aliphatic heterocycles. The second-order valence-electron chi connectivity index (χ2n) is 4.41. The Morgan fingerprint density at radius 2 is 1.92 bits per heavy atom. The van der Waals surface area contributed by atoms with Gasteiger partial charge in [-0.1, -0.05) is 12.8 Å². The summed E-state index contributed by atoms with van der Waals surface area (Å²) in [6.07, 6.45) is 7.67. The summed E-state index contributed by atoms with van der Waals surface area (Å²) >= 11 is 0. The predicted molar refractivity (Wildman–Crippen MR) is 43.9 cm³/mol. The van der Waals surface area contributed by atoms with Gasteiger partial charge in [-0.15, -0.1) is 0 Å². The number of rotatable bonds is 0. The molecule has 66 valence electrons. The van der Waals surface area contributed by atoms with Crippen molar-refractivity contribution in [2.45, 2.75) is 56.1 Å². The van der Waals surface area contributed by atoms with E-state index in [1.165, 1.54) is 19.3 Å². The number of carbonyl (C=O) groups excluding carboxylic acids is 1. The van der Waals surface area contributed by atoms with Gasteiger partial charge in [-0.2, -0.15) is 0 Å². The summed E-state index contributed by atoms with van der Waals surface area (Å²) in [5.74, 6) is 0.393. The number of hydrogen-bond acceptors (Lipinski definition) is 2. The van der Waals surface area contributed by atoms with Crippen LogP contribution in [0.25, 0.3) is 0 Å². The summed E-state index contributed by atoms with van der Waals surface area (Å²) in [5.41, 5.74) is -0.218. The Kier molecular flexibility index (Phi) is 1.13. The monoisotopic (exact) mass is 166 g/mol. The number of Topliss-reactive ketones (excluding diaryl/α,β-unsaturated/α-hetero) is 1. The minimum absolute atomic E-state index is 0.0422. The number of ketones is 1. The molecule has 0 spiro atoms. The zero-order chi connectivity index (χ0) is 8.23. The van der Waals surface area contributed by atoms with Gasteiger partial charge in [0, 0.05) is 6.42 Å². The lowest BCUT2D eigenvalue weighted by atomic mass is 9.91. The van der Waals surface area contributed by atoms with Crippen molar-refractivity contribution in [3.8, 4) is 0 Å². The van der Waals surface area contributed by atoms with Gasteiger partial charge >= 0.3 is 0 Å². The van der Waals surface area contributed by atoms with Crippen molar-refractivity contribution in [2.24, 2.45) is 0 Å². The zero-order valence-corrected chi connectivity index (χ0v) is 7.27. The SMILES string of the molecule is O=C1CC[C@@]23CCCCC[C@@]12O3. The van der Waals surface area contributed by atoms with Gasteiger partial charge in [0.15, 0.2) is 11.4 Å². The molecule has 2 heteroatoms. The van der Waals surface area contributed by atoms with Crippen molar-refractivity contribution < 1.29 is 9.53 Å².